The third kappa shape index (κ3) is 3.02. The first kappa shape index (κ1) is 17.7. The topological polar surface area (TPSA) is 29.5 Å². The van der Waals surface area contributed by atoms with Crippen molar-refractivity contribution in [2.24, 2.45) is 17.3 Å². The zero-order valence-corrected chi connectivity index (χ0v) is 16.5. The first-order valence-corrected chi connectivity index (χ1v) is 11.1. The van der Waals surface area contributed by atoms with Crippen molar-refractivity contribution in [3.05, 3.63) is 29.3 Å². The highest BCUT2D eigenvalue weighted by Crippen LogP contribution is 2.63. The van der Waals surface area contributed by atoms with E-state index in [1.807, 2.05) is 0 Å². The maximum absolute atomic E-state index is 9.10. The second-order valence-electron chi connectivity index (χ2n) is 8.54. The second-order valence-corrected chi connectivity index (χ2v) is 9.85. The third-order valence-electron chi connectivity index (χ3n) is 7.47. The summed E-state index contributed by atoms with van der Waals surface area (Å²) in [7, 11) is 1.77. The lowest BCUT2D eigenvalue weighted by Crippen LogP contribution is -2.43. The van der Waals surface area contributed by atoms with Crippen LogP contribution in [0.1, 0.15) is 62.5 Å². The summed E-state index contributed by atoms with van der Waals surface area (Å²) in [4.78, 5) is 0. The molecular weight excluding hydrogens is 328 g/mol. The summed E-state index contributed by atoms with van der Waals surface area (Å²) >= 11 is 2.15. The summed E-state index contributed by atoms with van der Waals surface area (Å²) in [6.07, 6.45) is 9.07. The van der Waals surface area contributed by atoms with E-state index in [0.717, 1.165) is 40.9 Å². The van der Waals surface area contributed by atoms with Crippen molar-refractivity contribution in [1.82, 2.24) is 0 Å². The number of fused-ring (bicyclic) bond motifs is 5. The van der Waals surface area contributed by atoms with Gasteiger partial charge in [-0.3, -0.25) is 0 Å². The molecule has 3 heteroatoms. The molecule has 0 radical (unpaired) electrons. The largest absolute Gasteiger partial charge is 0.497 e. The Bertz CT molecular complexity index is 616. The van der Waals surface area contributed by atoms with Crippen molar-refractivity contribution in [3.63, 3.8) is 0 Å². The fraction of sp³-hybridized carbons (Fsp3) is 0.727. The molecule has 2 nitrogen and oxygen atoms in total. The minimum atomic E-state index is 0.338. The average Bonchev–Trinajstić information content (AvgIpc) is 2.98. The predicted molar refractivity (Wildman–Crippen MR) is 106 cm³/mol. The molecule has 5 atom stereocenters. The molecule has 3 aliphatic rings. The summed E-state index contributed by atoms with van der Waals surface area (Å²) in [5.74, 6) is 4.68. The first-order chi connectivity index (χ1) is 12.2. The number of benzene rings is 1. The molecule has 1 aromatic rings. The van der Waals surface area contributed by atoms with E-state index in [1.165, 1.54) is 44.1 Å². The minimum Gasteiger partial charge on any atom is -0.497 e. The number of aliphatic hydroxyl groups excluding tert-OH is 1. The highest BCUT2D eigenvalue weighted by molar-refractivity contribution is 7.99. The van der Waals surface area contributed by atoms with E-state index in [9.17, 15) is 0 Å². The van der Waals surface area contributed by atoms with Gasteiger partial charge in [0.2, 0.25) is 0 Å². The maximum atomic E-state index is 9.10. The van der Waals surface area contributed by atoms with Crippen LogP contribution >= 0.6 is 11.8 Å². The molecule has 0 bridgehead atoms. The number of aryl methyl sites for hydroxylation is 1. The summed E-state index contributed by atoms with van der Waals surface area (Å²) in [6.45, 7) is 2.92. The highest BCUT2D eigenvalue weighted by Gasteiger charge is 2.54. The Morgan fingerprint density at radius 3 is 2.92 bits per heavy atom. The normalized spacial score (nSPS) is 36.4. The van der Waals surface area contributed by atoms with E-state index in [2.05, 4.69) is 36.9 Å². The second kappa shape index (κ2) is 7.15. The molecule has 0 aromatic heterocycles. The van der Waals surface area contributed by atoms with Crippen LogP contribution in [0.3, 0.4) is 0 Å². The molecule has 1 N–H and O–H groups in total. The van der Waals surface area contributed by atoms with Gasteiger partial charge in [-0.1, -0.05) is 13.0 Å². The molecule has 0 saturated heterocycles. The molecular formula is C22H32O2S. The van der Waals surface area contributed by atoms with Crippen molar-refractivity contribution >= 4 is 11.8 Å². The number of aliphatic hydroxyl groups is 1. The van der Waals surface area contributed by atoms with Gasteiger partial charge >= 0.3 is 0 Å². The molecule has 0 heterocycles. The van der Waals surface area contributed by atoms with Crippen molar-refractivity contribution in [3.8, 4) is 5.75 Å². The molecule has 138 valence electrons. The molecule has 0 aliphatic heterocycles. The average molecular weight is 361 g/mol. The van der Waals surface area contributed by atoms with Crippen LogP contribution in [-0.2, 0) is 6.42 Å². The van der Waals surface area contributed by atoms with Crippen molar-refractivity contribution in [1.29, 1.82) is 0 Å². The van der Waals surface area contributed by atoms with Crippen LogP contribution in [0.5, 0.6) is 5.75 Å². The molecule has 0 unspecified atom stereocenters. The van der Waals surface area contributed by atoms with Crippen LogP contribution in [0.25, 0.3) is 0 Å². The SMILES string of the molecule is COc1ccc2c(c1)CC[C@@H]1[C@@H]2CC[C@]2(C)[C@@H](SCCCO)CC[C@@H]12. The third-order valence-corrected chi connectivity index (χ3v) is 9.17. The quantitative estimate of drug-likeness (QED) is 0.746. The van der Waals surface area contributed by atoms with Gasteiger partial charge in [-0.2, -0.15) is 11.8 Å². The van der Waals surface area contributed by atoms with Crippen molar-refractivity contribution < 1.29 is 9.84 Å². The van der Waals surface area contributed by atoms with Gasteiger partial charge in [0.1, 0.15) is 5.75 Å². The lowest BCUT2D eigenvalue weighted by Gasteiger charge is -2.51. The molecule has 2 saturated carbocycles. The molecule has 25 heavy (non-hydrogen) atoms. The predicted octanol–water partition coefficient (Wildman–Crippen LogP) is 5.04. The van der Waals surface area contributed by atoms with E-state index in [4.69, 9.17) is 9.84 Å². The summed E-state index contributed by atoms with van der Waals surface area (Å²) in [5, 5.41) is 9.91. The Kier molecular flexibility index (Phi) is 5.07. The van der Waals surface area contributed by atoms with E-state index in [0.29, 0.717) is 12.0 Å². The van der Waals surface area contributed by atoms with Crippen LogP contribution < -0.4 is 4.74 Å². The van der Waals surface area contributed by atoms with Gasteiger partial charge in [0.05, 0.1) is 7.11 Å². The van der Waals surface area contributed by atoms with Gasteiger partial charge in [0.15, 0.2) is 0 Å². The smallest absolute Gasteiger partial charge is 0.119 e. The number of rotatable bonds is 5. The molecule has 3 aliphatic carbocycles. The number of ether oxygens (including phenoxy) is 1. The molecule has 0 spiro atoms. The van der Waals surface area contributed by atoms with Gasteiger partial charge in [-0.15, -0.1) is 0 Å². The Morgan fingerprint density at radius 2 is 2.12 bits per heavy atom. The lowest BCUT2D eigenvalue weighted by atomic mass is 9.56. The number of hydrogen-bond donors (Lipinski definition) is 1. The van der Waals surface area contributed by atoms with Gasteiger partial charge in [0, 0.05) is 11.9 Å². The monoisotopic (exact) mass is 360 g/mol. The van der Waals surface area contributed by atoms with Crippen molar-refractivity contribution in [2.45, 2.75) is 63.0 Å². The van der Waals surface area contributed by atoms with Gasteiger partial charge in [-0.05, 0) is 97.1 Å². The Hall–Kier alpha value is -0.670. The molecule has 0 amide bonds. The van der Waals surface area contributed by atoms with Crippen LogP contribution in [-0.4, -0.2) is 29.8 Å². The Labute approximate surface area is 156 Å². The maximum Gasteiger partial charge on any atom is 0.119 e. The standard InChI is InChI=1S/C22H32O2S/c1-22-11-10-18-17-7-5-16(24-2)14-15(17)4-6-19(18)20(22)8-9-21(22)25-13-3-12-23/h5,7,14,18-21,23H,3-4,6,8-13H2,1-2H3/t18-,19-,20+,21+,22+/m1/s1. The molecule has 4 rings (SSSR count). The minimum absolute atomic E-state index is 0.338. The van der Waals surface area contributed by atoms with E-state index in [-0.39, 0.29) is 0 Å². The number of thioether (sulfide) groups is 1. The number of hydrogen-bond acceptors (Lipinski definition) is 3. The summed E-state index contributed by atoms with van der Waals surface area (Å²) in [6, 6.07) is 6.80. The molecule has 2 fully saturated rings. The van der Waals surface area contributed by atoms with Crippen LogP contribution in [0.2, 0.25) is 0 Å². The van der Waals surface area contributed by atoms with E-state index >= 15 is 0 Å². The highest BCUT2D eigenvalue weighted by atomic mass is 32.2. The summed E-state index contributed by atoms with van der Waals surface area (Å²) < 4.78 is 5.44. The van der Waals surface area contributed by atoms with Gasteiger partial charge in [-0.25, -0.2) is 0 Å². The lowest BCUT2D eigenvalue weighted by molar-refractivity contribution is 0.0630. The van der Waals surface area contributed by atoms with Gasteiger partial charge in [0.25, 0.3) is 0 Å². The van der Waals surface area contributed by atoms with E-state index in [1.54, 1.807) is 12.7 Å². The van der Waals surface area contributed by atoms with Crippen LogP contribution in [0.15, 0.2) is 18.2 Å². The zero-order valence-electron chi connectivity index (χ0n) is 15.7. The fourth-order valence-corrected chi connectivity index (χ4v) is 7.76. The van der Waals surface area contributed by atoms with Crippen LogP contribution in [0, 0.1) is 17.3 Å². The van der Waals surface area contributed by atoms with E-state index < -0.39 is 0 Å². The molecule has 1 aromatic carbocycles. The fourth-order valence-electron chi connectivity index (χ4n) is 6.20. The first-order valence-electron chi connectivity index (χ1n) is 10.1. The zero-order chi connectivity index (χ0) is 17.4. The Balaban J connectivity index is 1.53. The summed E-state index contributed by atoms with van der Waals surface area (Å²) in [5.41, 5.74) is 3.68. The van der Waals surface area contributed by atoms with Gasteiger partial charge < -0.3 is 9.84 Å². The Morgan fingerprint density at radius 1 is 1.24 bits per heavy atom. The van der Waals surface area contributed by atoms with Crippen molar-refractivity contribution in [2.75, 3.05) is 19.5 Å². The van der Waals surface area contributed by atoms with Crippen LogP contribution in [0.4, 0.5) is 0 Å². The number of methoxy groups -OCH3 is 1.